The molecule has 0 aliphatic carbocycles. The minimum Gasteiger partial charge on any atom is -0.468 e. The first kappa shape index (κ1) is 19.1. The summed E-state index contributed by atoms with van der Waals surface area (Å²) in [5.41, 5.74) is -0.643. The second-order valence-electron chi connectivity index (χ2n) is 6.13. The van der Waals surface area contributed by atoms with E-state index in [9.17, 15) is 22.8 Å². The van der Waals surface area contributed by atoms with E-state index in [0.717, 1.165) is 4.31 Å². The van der Waals surface area contributed by atoms with Crippen molar-refractivity contribution in [2.45, 2.75) is 30.7 Å². The minimum absolute atomic E-state index is 0.0478. The topological polar surface area (TPSA) is 123 Å². The number of fused-ring (bicyclic) bond motifs is 1. The Kier molecular flexibility index (Phi) is 5.03. The first-order valence-corrected chi connectivity index (χ1v) is 9.63. The van der Waals surface area contributed by atoms with Crippen LogP contribution in [0.5, 0.6) is 0 Å². The predicted octanol–water partition coefficient (Wildman–Crippen LogP) is 1.08. The summed E-state index contributed by atoms with van der Waals surface area (Å²) in [4.78, 5) is 34.9. The van der Waals surface area contributed by atoms with Crippen LogP contribution in [0.25, 0.3) is 11.0 Å². The molecule has 0 saturated carbocycles. The minimum atomic E-state index is -3.96. The Balaban J connectivity index is 2.05. The highest BCUT2D eigenvalue weighted by Gasteiger charge is 2.40. The fourth-order valence-corrected chi connectivity index (χ4v) is 4.76. The number of esters is 1. The number of anilines is 1. The molecule has 1 aliphatic heterocycles. The zero-order valence-electron chi connectivity index (χ0n) is 14.7. The molecule has 1 amide bonds. The zero-order chi connectivity index (χ0) is 19.8. The highest BCUT2D eigenvalue weighted by atomic mass is 32.2. The molecule has 10 heteroatoms. The number of carbonyl (C=O) groups is 2. The molecular formula is C17H18N2O7S. The molecule has 0 spiro atoms. The smallest absolute Gasteiger partial charge is 0.360 e. The van der Waals surface area contributed by atoms with Crippen LogP contribution in [0.15, 0.2) is 38.4 Å². The summed E-state index contributed by atoms with van der Waals surface area (Å²) in [6, 6.07) is 4.50. The molecule has 1 saturated heterocycles. The first-order chi connectivity index (χ1) is 12.7. The Morgan fingerprint density at radius 3 is 2.70 bits per heavy atom. The van der Waals surface area contributed by atoms with Crippen LogP contribution in [0.1, 0.15) is 19.8 Å². The maximum absolute atomic E-state index is 13.0. The van der Waals surface area contributed by atoms with E-state index in [2.05, 4.69) is 5.32 Å². The SMILES string of the molecule is COC(=O)[C@@H]1CCCN1S(=O)(=O)c1ccc2oc(=O)c(NC(C)=O)cc2c1. The number of rotatable bonds is 4. The lowest BCUT2D eigenvalue weighted by molar-refractivity contribution is -0.144. The maximum Gasteiger partial charge on any atom is 0.360 e. The fraction of sp³-hybridized carbons (Fsp3) is 0.353. The van der Waals surface area contributed by atoms with Crippen LogP contribution in [0, 0.1) is 0 Å². The van der Waals surface area contributed by atoms with Gasteiger partial charge < -0.3 is 14.5 Å². The van der Waals surface area contributed by atoms with Gasteiger partial charge in [0.2, 0.25) is 15.9 Å². The lowest BCUT2D eigenvalue weighted by Crippen LogP contribution is -2.41. The number of methoxy groups -OCH3 is 1. The van der Waals surface area contributed by atoms with Crippen molar-refractivity contribution in [2.75, 3.05) is 19.0 Å². The number of sulfonamides is 1. The van der Waals surface area contributed by atoms with Crippen molar-refractivity contribution < 1.29 is 27.2 Å². The number of amides is 1. The van der Waals surface area contributed by atoms with E-state index in [-0.39, 0.29) is 22.7 Å². The van der Waals surface area contributed by atoms with Crippen LogP contribution in [-0.2, 0) is 24.3 Å². The molecule has 2 heterocycles. The number of hydrogen-bond acceptors (Lipinski definition) is 7. The lowest BCUT2D eigenvalue weighted by Gasteiger charge is -2.22. The molecule has 2 aromatic rings. The monoisotopic (exact) mass is 394 g/mol. The molecule has 1 atom stereocenters. The molecule has 3 rings (SSSR count). The number of nitrogens with one attached hydrogen (secondary N) is 1. The lowest BCUT2D eigenvalue weighted by atomic mass is 10.2. The van der Waals surface area contributed by atoms with Gasteiger partial charge in [0.1, 0.15) is 17.3 Å². The number of carbonyl (C=O) groups excluding carboxylic acids is 2. The summed E-state index contributed by atoms with van der Waals surface area (Å²) < 4.78 is 36.9. The van der Waals surface area contributed by atoms with Crippen LogP contribution in [0.3, 0.4) is 0 Å². The highest BCUT2D eigenvalue weighted by Crippen LogP contribution is 2.29. The fourth-order valence-electron chi connectivity index (χ4n) is 3.07. The Labute approximate surface area is 155 Å². The van der Waals surface area contributed by atoms with Crippen LogP contribution < -0.4 is 10.9 Å². The first-order valence-electron chi connectivity index (χ1n) is 8.19. The van der Waals surface area contributed by atoms with E-state index in [0.29, 0.717) is 18.2 Å². The third kappa shape index (κ3) is 3.58. The third-order valence-electron chi connectivity index (χ3n) is 4.30. The average Bonchev–Trinajstić information content (AvgIpc) is 3.11. The highest BCUT2D eigenvalue weighted by molar-refractivity contribution is 7.89. The van der Waals surface area contributed by atoms with Gasteiger partial charge in [-0.25, -0.2) is 13.2 Å². The van der Waals surface area contributed by atoms with Crippen molar-refractivity contribution in [3.05, 3.63) is 34.7 Å². The number of hydrogen-bond donors (Lipinski definition) is 1. The van der Waals surface area contributed by atoms with Gasteiger partial charge in [-0.1, -0.05) is 0 Å². The molecule has 27 heavy (non-hydrogen) atoms. The summed E-state index contributed by atoms with van der Waals surface area (Å²) in [5, 5.41) is 2.67. The normalized spacial score (nSPS) is 17.8. The summed E-state index contributed by atoms with van der Waals surface area (Å²) >= 11 is 0. The average molecular weight is 394 g/mol. The van der Waals surface area contributed by atoms with Gasteiger partial charge in [0, 0.05) is 18.9 Å². The maximum atomic E-state index is 13.0. The van der Waals surface area contributed by atoms with Crippen molar-refractivity contribution in [1.29, 1.82) is 0 Å². The molecule has 0 unspecified atom stereocenters. The largest absolute Gasteiger partial charge is 0.468 e. The molecule has 9 nitrogen and oxygen atoms in total. The summed E-state index contributed by atoms with van der Waals surface area (Å²) in [5.74, 6) is -1.06. The Morgan fingerprint density at radius 1 is 1.30 bits per heavy atom. The Bertz CT molecular complexity index is 1070. The molecule has 1 aliphatic rings. The van der Waals surface area contributed by atoms with Crippen molar-refractivity contribution >= 4 is 38.6 Å². The van der Waals surface area contributed by atoms with E-state index < -0.39 is 33.6 Å². The van der Waals surface area contributed by atoms with E-state index in [1.165, 1.54) is 38.3 Å². The quantitative estimate of drug-likeness (QED) is 0.608. The molecule has 1 aromatic carbocycles. The molecule has 1 N–H and O–H groups in total. The summed E-state index contributed by atoms with van der Waals surface area (Å²) in [6.07, 6.45) is 0.940. The van der Waals surface area contributed by atoms with Gasteiger partial charge in [-0.3, -0.25) is 9.59 Å². The Morgan fingerprint density at radius 2 is 2.04 bits per heavy atom. The van der Waals surface area contributed by atoms with E-state index >= 15 is 0 Å². The van der Waals surface area contributed by atoms with Gasteiger partial charge in [0.25, 0.3) is 0 Å². The van der Waals surface area contributed by atoms with Gasteiger partial charge in [0.15, 0.2) is 0 Å². The third-order valence-corrected chi connectivity index (χ3v) is 6.20. The number of benzene rings is 1. The van der Waals surface area contributed by atoms with Crippen molar-refractivity contribution in [1.82, 2.24) is 4.31 Å². The van der Waals surface area contributed by atoms with Gasteiger partial charge in [-0.2, -0.15) is 4.31 Å². The van der Waals surface area contributed by atoms with Crippen LogP contribution >= 0.6 is 0 Å². The van der Waals surface area contributed by atoms with Gasteiger partial charge in [-0.05, 0) is 37.1 Å². The second kappa shape index (κ2) is 7.12. The van der Waals surface area contributed by atoms with Crippen molar-refractivity contribution in [3.63, 3.8) is 0 Å². The summed E-state index contributed by atoms with van der Waals surface area (Å²) in [6.45, 7) is 1.45. The second-order valence-corrected chi connectivity index (χ2v) is 8.02. The van der Waals surface area contributed by atoms with Crippen LogP contribution in [0.4, 0.5) is 5.69 Å². The van der Waals surface area contributed by atoms with Gasteiger partial charge in [-0.15, -0.1) is 0 Å². The van der Waals surface area contributed by atoms with Crippen molar-refractivity contribution in [3.8, 4) is 0 Å². The van der Waals surface area contributed by atoms with Crippen LogP contribution in [0.2, 0.25) is 0 Å². The molecule has 0 bridgehead atoms. The van der Waals surface area contributed by atoms with Gasteiger partial charge >= 0.3 is 11.6 Å². The molecule has 0 radical (unpaired) electrons. The molecule has 144 valence electrons. The molecule has 1 fully saturated rings. The number of ether oxygens (including phenoxy) is 1. The predicted molar refractivity (Wildman–Crippen MR) is 95.7 cm³/mol. The molecular weight excluding hydrogens is 376 g/mol. The number of nitrogens with zero attached hydrogens (tertiary/aromatic N) is 1. The molecule has 1 aromatic heterocycles. The van der Waals surface area contributed by atoms with E-state index in [1.807, 2.05) is 0 Å². The Hall–Kier alpha value is -2.72. The zero-order valence-corrected chi connectivity index (χ0v) is 15.5. The van der Waals surface area contributed by atoms with Crippen molar-refractivity contribution in [2.24, 2.45) is 0 Å². The summed E-state index contributed by atoms with van der Waals surface area (Å²) in [7, 11) is -2.74. The van der Waals surface area contributed by atoms with E-state index in [4.69, 9.17) is 9.15 Å². The van der Waals surface area contributed by atoms with Gasteiger partial charge in [0.05, 0.1) is 12.0 Å². The van der Waals surface area contributed by atoms with E-state index in [1.54, 1.807) is 0 Å². The van der Waals surface area contributed by atoms with Crippen LogP contribution in [-0.4, -0.2) is 44.3 Å². The standard InChI is InChI=1S/C17H18N2O7S/c1-10(20)18-13-9-11-8-12(5-6-15(11)26-16(13)21)27(23,24)19-7-3-4-14(19)17(22)25-2/h5-6,8-9,14H,3-4,7H2,1-2H3,(H,18,20)/t14-/m0/s1.